The highest BCUT2D eigenvalue weighted by molar-refractivity contribution is 8.00. The lowest BCUT2D eigenvalue weighted by Gasteiger charge is -2.35. The maximum absolute atomic E-state index is 12.5. The second-order valence-electron chi connectivity index (χ2n) is 6.62. The minimum atomic E-state index is -4.35. The lowest BCUT2D eigenvalue weighted by atomic mass is 10.1. The number of quaternary nitrogens is 1. The Kier molecular flexibility index (Phi) is 5.55. The third kappa shape index (κ3) is 4.92. The highest BCUT2D eigenvalue weighted by Gasteiger charge is 2.37. The Morgan fingerprint density at radius 2 is 1.77 bits per heavy atom. The minimum Gasteiger partial charge on any atom is -0.329 e. The van der Waals surface area contributed by atoms with Crippen LogP contribution in [0.3, 0.4) is 0 Å². The summed E-state index contributed by atoms with van der Waals surface area (Å²) in [6.07, 6.45) is 0.671. The number of piperazine rings is 1. The van der Waals surface area contributed by atoms with Crippen LogP contribution in [-0.4, -0.2) is 68.5 Å². The van der Waals surface area contributed by atoms with Crippen LogP contribution in [-0.2, 0) is 9.84 Å². The van der Waals surface area contributed by atoms with Crippen LogP contribution in [0.1, 0.15) is 16.8 Å². The van der Waals surface area contributed by atoms with Crippen LogP contribution in [0.25, 0.3) is 0 Å². The van der Waals surface area contributed by atoms with Gasteiger partial charge >= 0.3 is 5.51 Å². The standard InChI is InChI=1S/C16H19F3N2O3S2/c17-16(18,19)25-14-3-1-12(2-4-14)15(22)21-8-6-20(7-9-21)13-5-10-26(23,24)11-13/h1-4,13H,5-11H2/p+1/t13-/m1/s1. The summed E-state index contributed by atoms with van der Waals surface area (Å²) in [6.45, 7) is 2.41. The molecule has 144 valence electrons. The molecule has 0 unspecified atom stereocenters. The van der Waals surface area contributed by atoms with E-state index in [1.807, 2.05) is 0 Å². The number of nitrogens with one attached hydrogen (secondary N) is 1. The van der Waals surface area contributed by atoms with E-state index in [-0.39, 0.29) is 40.1 Å². The van der Waals surface area contributed by atoms with Crippen molar-refractivity contribution in [2.24, 2.45) is 0 Å². The van der Waals surface area contributed by atoms with Gasteiger partial charge in [0.15, 0.2) is 9.84 Å². The topological polar surface area (TPSA) is 58.9 Å². The van der Waals surface area contributed by atoms with Crippen molar-refractivity contribution in [3.8, 4) is 0 Å². The third-order valence-electron chi connectivity index (χ3n) is 4.84. The first-order chi connectivity index (χ1) is 12.1. The van der Waals surface area contributed by atoms with Crippen molar-refractivity contribution in [1.29, 1.82) is 0 Å². The normalized spacial score (nSPS) is 24.0. The fraction of sp³-hybridized carbons (Fsp3) is 0.562. The zero-order valence-electron chi connectivity index (χ0n) is 14.0. The molecule has 2 aliphatic rings. The van der Waals surface area contributed by atoms with Gasteiger partial charge in [-0.3, -0.25) is 4.79 Å². The summed E-state index contributed by atoms with van der Waals surface area (Å²) in [4.78, 5) is 15.5. The van der Waals surface area contributed by atoms with Gasteiger partial charge in [-0.05, 0) is 36.0 Å². The maximum Gasteiger partial charge on any atom is 0.446 e. The van der Waals surface area contributed by atoms with Crippen molar-refractivity contribution in [3.63, 3.8) is 0 Å². The first-order valence-corrected chi connectivity index (χ1v) is 11.0. The van der Waals surface area contributed by atoms with E-state index in [4.69, 9.17) is 0 Å². The van der Waals surface area contributed by atoms with Gasteiger partial charge in [0.2, 0.25) is 0 Å². The quantitative estimate of drug-likeness (QED) is 0.752. The lowest BCUT2D eigenvalue weighted by Crippen LogP contribution is -3.18. The molecule has 2 fully saturated rings. The number of alkyl halides is 3. The van der Waals surface area contributed by atoms with E-state index >= 15 is 0 Å². The van der Waals surface area contributed by atoms with Gasteiger partial charge in [-0.1, -0.05) is 0 Å². The number of hydrogen-bond donors (Lipinski definition) is 1. The summed E-state index contributed by atoms with van der Waals surface area (Å²) in [5.41, 5.74) is -3.98. The Balaban J connectivity index is 1.55. The molecule has 0 saturated carbocycles. The average molecular weight is 409 g/mol. The number of benzene rings is 1. The number of halogens is 3. The van der Waals surface area contributed by atoms with E-state index in [9.17, 15) is 26.4 Å². The minimum absolute atomic E-state index is 0.0470. The van der Waals surface area contributed by atoms with E-state index in [0.29, 0.717) is 38.2 Å². The van der Waals surface area contributed by atoms with Crippen LogP contribution < -0.4 is 4.90 Å². The largest absolute Gasteiger partial charge is 0.446 e. The fourth-order valence-electron chi connectivity index (χ4n) is 3.50. The summed E-state index contributed by atoms with van der Waals surface area (Å²) in [6, 6.07) is 5.54. The van der Waals surface area contributed by atoms with Crippen molar-refractivity contribution in [2.45, 2.75) is 22.9 Å². The molecule has 1 atom stereocenters. The van der Waals surface area contributed by atoms with Crippen molar-refractivity contribution in [1.82, 2.24) is 4.90 Å². The summed E-state index contributed by atoms with van der Waals surface area (Å²) < 4.78 is 60.3. The average Bonchev–Trinajstić information content (AvgIpc) is 2.94. The molecule has 0 bridgehead atoms. The summed E-state index contributed by atoms with van der Waals surface area (Å²) in [7, 11) is -2.92. The van der Waals surface area contributed by atoms with Crippen LogP contribution >= 0.6 is 11.8 Å². The number of rotatable bonds is 3. The van der Waals surface area contributed by atoms with Crippen LogP contribution in [0.4, 0.5) is 13.2 Å². The molecule has 10 heteroatoms. The molecule has 2 heterocycles. The number of nitrogens with zero attached hydrogens (tertiary/aromatic N) is 1. The van der Waals surface area contributed by atoms with Crippen LogP contribution in [0.15, 0.2) is 29.2 Å². The Labute approximate surface area is 154 Å². The van der Waals surface area contributed by atoms with Gasteiger partial charge in [0.1, 0.15) is 11.8 Å². The van der Waals surface area contributed by atoms with Gasteiger partial charge in [-0.2, -0.15) is 13.2 Å². The first-order valence-electron chi connectivity index (χ1n) is 8.33. The number of carbonyl (C=O) groups is 1. The molecule has 2 aliphatic heterocycles. The van der Waals surface area contributed by atoms with Crippen LogP contribution in [0, 0.1) is 0 Å². The zero-order valence-corrected chi connectivity index (χ0v) is 15.6. The number of carbonyl (C=O) groups excluding carboxylic acids is 1. The fourth-order valence-corrected chi connectivity index (χ4v) is 5.87. The van der Waals surface area contributed by atoms with Gasteiger partial charge in [0.05, 0.1) is 31.9 Å². The van der Waals surface area contributed by atoms with Crippen molar-refractivity contribution < 1.29 is 31.3 Å². The van der Waals surface area contributed by atoms with Crippen molar-refractivity contribution in [2.75, 3.05) is 37.7 Å². The van der Waals surface area contributed by atoms with E-state index in [2.05, 4.69) is 0 Å². The first kappa shape index (κ1) is 19.5. The number of sulfone groups is 1. The lowest BCUT2D eigenvalue weighted by molar-refractivity contribution is -0.925. The molecule has 0 aromatic heterocycles. The Bertz CT molecular complexity index is 758. The molecule has 3 rings (SSSR count). The molecule has 0 radical (unpaired) electrons. The molecule has 1 aromatic carbocycles. The van der Waals surface area contributed by atoms with Crippen molar-refractivity contribution in [3.05, 3.63) is 29.8 Å². The molecule has 26 heavy (non-hydrogen) atoms. The van der Waals surface area contributed by atoms with E-state index in [1.54, 1.807) is 4.90 Å². The predicted molar refractivity (Wildman–Crippen MR) is 92.0 cm³/mol. The Morgan fingerprint density at radius 3 is 2.27 bits per heavy atom. The molecule has 1 aromatic rings. The van der Waals surface area contributed by atoms with E-state index in [1.165, 1.54) is 29.2 Å². The highest BCUT2D eigenvalue weighted by atomic mass is 32.2. The highest BCUT2D eigenvalue weighted by Crippen LogP contribution is 2.36. The van der Waals surface area contributed by atoms with E-state index in [0.717, 1.165) is 0 Å². The van der Waals surface area contributed by atoms with Gasteiger partial charge in [-0.15, -0.1) is 0 Å². The van der Waals surface area contributed by atoms with Gasteiger partial charge in [0, 0.05) is 16.9 Å². The molecule has 2 saturated heterocycles. The third-order valence-corrected chi connectivity index (χ3v) is 7.34. The van der Waals surface area contributed by atoms with Crippen molar-refractivity contribution >= 4 is 27.5 Å². The molecular weight excluding hydrogens is 389 g/mol. The molecule has 0 spiro atoms. The van der Waals surface area contributed by atoms with Crippen LogP contribution in [0.2, 0.25) is 0 Å². The number of amides is 1. The number of thioether (sulfide) groups is 1. The summed E-state index contributed by atoms with van der Waals surface area (Å²) in [5.74, 6) is 0.257. The molecular formula is C16H20F3N2O3S2+. The summed E-state index contributed by atoms with van der Waals surface area (Å²) >= 11 is -0.206. The molecule has 1 amide bonds. The second-order valence-corrected chi connectivity index (χ2v) is 9.99. The van der Waals surface area contributed by atoms with Crippen LogP contribution in [0.5, 0.6) is 0 Å². The Hall–Kier alpha value is -1.26. The van der Waals surface area contributed by atoms with Gasteiger partial charge < -0.3 is 9.80 Å². The smallest absolute Gasteiger partial charge is 0.329 e. The second kappa shape index (κ2) is 7.40. The van der Waals surface area contributed by atoms with Gasteiger partial charge in [0.25, 0.3) is 5.91 Å². The predicted octanol–water partition coefficient (Wildman–Crippen LogP) is 0.826. The Morgan fingerprint density at radius 1 is 1.15 bits per heavy atom. The molecule has 0 aliphatic carbocycles. The zero-order chi connectivity index (χ0) is 18.9. The monoisotopic (exact) mass is 409 g/mol. The number of hydrogen-bond acceptors (Lipinski definition) is 4. The van der Waals surface area contributed by atoms with Gasteiger partial charge in [-0.25, -0.2) is 8.42 Å². The molecule has 1 N–H and O–H groups in total. The SMILES string of the molecule is O=C(c1ccc(SC(F)(F)F)cc1)N1CC[NH+]([C@@H]2CCS(=O)(=O)C2)CC1. The maximum atomic E-state index is 12.5. The summed E-state index contributed by atoms with van der Waals surface area (Å²) in [5, 5.41) is 0. The molecule has 5 nitrogen and oxygen atoms in total. The van der Waals surface area contributed by atoms with E-state index < -0.39 is 15.3 Å².